The molecule has 0 aromatic rings. The molecule has 0 amide bonds. The van der Waals surface area contributed by atoms with Gasteiger partial charge in [0, 0.05) is 11.8 Å². The van der Waals surface area contributed by atoms with Crippen molar-refractivity contribution >= 4 is 11.8 Å². The molecule has 1 aliphatic rings. The van der Waals surface area contributed by atoms with Crippen molar-refractivity contribution < 1.29 is 0 Å². The van der Waals surface area contributed by atoms with Crippen molar-refractivity contribution in [2.45, 2.75) is 52.1 Å². The number of thioether (sulfide) groups is 1. The highest BCUT2D eigenvalue weighted by Crippen LogP contribution is 2.33. The van der Waals surface area contributed by atoms with Crippen LogP contribution in [0.25, 0.3) is 0 Å². The summed E-state index contributed by atoms with van der Waals surface area (Å²) in [5, 5.41) is 3.61. The monoisotopic (exact) mass is 225 g/mol. The third kappa shape index (κ3) is 4.49. The molecule has 0 saturated carbocycles. The van der Waals surface area contributed by atoms with E-state index in [0.29, 0.717) is 11.5 Å². The van der Waals surface area contributed by atoms with Crippen LogP contribution in [0.5, 0.6) is 0 Å². The number of hydrogen-bond donors (Lipinski definition) is 1. The van der Waals surface area contributed by atoms with Crippen LogP contribution in [0.3, 0.4) is 0 Å². The maximum atomic E-state index is 5.52. The van der Waals surface area contributed by atoms with Gasteiger partial charge in [-0.3, -0.25) is 0 Å². The molecule has 1 nitrogen and oxygen atoms in total. The van der Waals surface area contributed by atoms with Gasteiger partial charge in [0.1, 0.15) is 0 Å². The van der Waals surface area contributed by atoms with Crippen molar-refractivity contribution in [2.24, 2.45) is 5.41 Å². The Morgan fingerprint density at radius 1 is 1.60 bits per heavy atom. The van der Waals surface area contributed by atoms with Gasteiger partial charge < -0.3 is 5.32 Å². The Morgan fingerprint density at radius 2 is 2.33 bits per heavy atom. The van der Waals surface area contributed by atoms with Gasteiger partial charge in [-0.25, -0.2) is 0 Å². The zero-order chi connectivity index (χ0) is 11.3. The van der Waals surface area contributed by atoms with E-state index < -0.39 is 0 Å². The smallest absolute Gasteiger partial charge is 0.0689 e. The molecule has 0 aromatic heterocycles. The third-order valence-electron chi connectivity index (χ3n) is 2.83. The maximum Gasteiger partial charge on any atom is 0.0689 e. The molecule has 1 N–H and O–H groups in total. The summed E-state index contributed by atoms with van der Waals surface area (Å²) in [6, 6.07) is 0.876. The standard InChI is InChI=1S/C13H23NS/c1-5-7-11(6-2)14-12-8-13(3,4)10-15-9-12/h2,11-12,14H,5,7-10H2,1,3-4H3. The predicted molar refractivity (Wildman–Crippen MR) is 70.2 cm³/mol. The van der Waals surface area contributed by atoms with Gasteiger partial charge in [-0.1, -0.05) is 33.1 Å². The molecule has 1 fully saturated rings. The summed E-state index contributed by atoms with van der Waals surface area (Å²) in [5.74, 6) is 5.35. The average Bonchev–Trinajstić information content (AvgIpc) is 2.15. The second-order valence-corrected chi connectivity index (χ2v) is 6.29. The largest absolute Gasteiger partial charge is 0.300 e. The molecule has 2 unspecified atom stereocenters. The van der Waals surface area contributed by atoms with Crippen LogP contribution in [-0.4, -0.2) is 23.6 Å². The van der Waals surface area contributed by atoms with Crippen LogP contribution in [0.4, 0.5) is 0 Å². The molecule has 2 atom stereocenters. The van der Waals surface area contributed by atoms with E-state index in [4.69, 9.17) is 6.42 Å². The molecule has 15 heavy (non-hydrogen) atoms. The molecule has 2 heteroatoms. The SMILES string of the molecule is C#CC(CCC)NC1CSCC(C)(C)C1. The van der Waals surface area contributed by atoms with Crippen molar-refractivity contribution in [1.29, 1.82) is 0 Å². The van der Waals surface area contributed by atoms with Crippen LogP contribution < -0.4 is 5.32 Å². The van der Waals surface area contributed by atoms with Gasteiger partial charge in [-0.15, -0.1) is 6.42 Å². The number of rotatable bonds is 4. The summed E-state index contributed by atoms with van der Waals surface area (Å²) in [7, 11) is 0. The number of terminal acetylenes is 1. The Morgan fingerprint density at radius 3 is 2.87 bits per heavy atom. The summed E-state index contributed by atoms with van der Waals surface area (Å²) < 4.78 is 0. The highest BCUT2D eigenvalue weighted by molar-refractivity contribution is 7.99. The lowest BCUT2D eigenvalue weighted by molar-refractivity contribution is 0.308. The minimum Gasteiger partial charge on any atom is -0.300 e. The molecule has 0 bridgehead atoms. The van der Waals surface area contributed by atoms with Crippen molar-refractivity contribution in [3.63, 3.8) is 0 Å². The van der Waals surface area contributed by atoms with E-state index >= 15 is 0 Å². The normalized spacial score (nSPS) is 26.9. The van der Waals surface area contributed by atoms with E-state index in [2.05, 4.69) is 32.0 Å². The summed E-state index contributed by atoms with van der Waals surface area (Å²) in [4.78, 5) is 0. The zero-order valence-electron chi connectivity index (χ0n) is 10.2. The van der Waals surface area contributed by atoms with Gasteiger partial charge in [0.15, 0.2) is 0 Å². The van der Waals surface area contributed by atoms with E-state index in [-0.39, 0.29) is 6.04 Å². The Hall–Kier alpha value is -0.130. The predicted octanol–water partition coefficient (Wildman–Crippen LogP) is 2.91. The minimum absolute atomic E-state index is 0.273. The highest BCUT2D eigenvalue weighted by atomic mass is 32.2. The summed E-state index contributed by atoms with van der Waals surface area (Å²) in [6.07, 6.45) is 9.03. The van der Waals surface area contributed by atoms with Crippen molar-refractivity contribution in [2.75, 3.05) is 11.5 Å². The third-order valence-corrected chi connectivity index (χ3v) is 4.45. The van der Waals surface area contributed by atoms with Crippen molar-refractivity contribution in [3.8, 4) is 12.3 Å². The molecule has 0 aromatic carbocycles. The van der Waals surface area contributed by atoms with Gasteiger partial charge >= 0.3 is 0 Å². The molecule has 1 aliphatic heterocycles. The fraction of sp³-hybridized carbons (Fsp3) is 0.846. The molecule has 1 rings (SSSR count). The van der Waals surface area contributed by atoms with Crippen LogP contribution in [0.15, 0.2) is 0 Å². The Bertz CT molecular complexity index is 229. The molecular weight excluding hydrogens is 202 g/mol. The first-order valence-electron chi connectivity index (χ1n) is 5.87. The first kappa shape index (κ1) is 12.9. The molecule has 0 aliphatic carbocycles. The zero-order valence-corrected chi connectivity index (χ0v) is 11.0. The Kier molecular flexibility index (Phi) is 5.02. The topological polar surface area (TPSA) is 12.0 Å². The fourth-order valence-corrected chi connectivity index (χ4v) is 3.44. The van der Waals surface area contributed by atoms with E-state index in [9.17, 15) is 0 Å². The first-order chi connectivity index (χ1) is 7.07. The van der Waals surface area contributed by atoms with E-state index in [1.165, 1.54) is 17.9 Å². The molecule has 1 saturated heterocycles. The molecular formula is C13H23NS. The van der Waals surface area contributed by atoms with Gasteiger partial charge in [0.25, 0.3) is 0 Å². The van der Waals surface area contributed by atoms with E-state index in [1.54, 1.807) is 0 Å². The number of nitrogens with one attached hydrogen (secondary N) is 1. The lowest BCUT2D eigenvalue weighted by atomic mass is 9.87. The number of hydrogen-bond acceptors (Lipinski definition) is 2. The van der Waals surface area contributed by atoms with Crippen LogP contribution in [0, 0.1) is 17.8 Å². The second kappa shape index (κ2) is 5.82. The first-order valence-corrected chi connectivity index (χ1v) is 7.03. The van der Waals surface area contributed by atoms with Gasteiger partial charge in [-0.05, 0) is 24.0 Å². The summed E-state index contributed by atoms with van der Waals surface area (Å²) >= 11 is 2.05. The molecule has 1 heterocycles. The van der Waals surface area contributed by atoms with Crippen LogP contribution >= 0.6 is 11.8 Å². The van der Waals surface area contributed by atoms with Crippen LogP contribution in [-0.2, 0) is 0 Å². The second-order valence-electron chi connectivity index (χ2n) is 5.25. The lowest BCUT2D eigenvalue weighted by Gasteiger charge is -2.36. The molecule has 0 radical (unpaired) electrons. The Labute approximate surface area is 98.8 Å². The van der Waals surface area contributed by atoms with Crippen molar-refractivity contribution in [1.82, 2.24) is 5.32 Å². The fourth-order valence-electron chi connectivity index (χ4n) is 2.16. The van der Waals surface area contributed by atoms with E-state index in [0.717, 1.165) is 12.8 Å². The van der Waals surface area contributed by atoms with Crippen LogP contribution in [0.2, 0.25) is 0 Å². The lowest BCUT2D eigenvalue weighted by Crippen LogP contribution is -2.44. The highest BCUT2D eigenvalue weighted by Gasteiger charge is 2.29. The van der Waals surface area contributed by atoms with Crippen LogP contribution in [0.1, 0.15) is 40.0 Å². The minimum atomic E-state index is 0.273. The molecule has 0 spiro atoms. The summed E-state index contributed by atoms with van der Waals surface area (Å²) in [5.41, 5.74) is 0.464. The molecule has 86 valence electrons. The van der Waals surface area contributed by atoms with Gasteiger partial charge in [0.2, 0.25) is 0 Å². The Balaban J connectivity index is 2.40. The van der Waals surface area contributed by atoms with E-state index in [1.807, 2.05) is 11.8 Å². The van der Waals surface area contributed by atoms with Crippen molar-refractivity contribution in [3.05, 3.63) is 0 Å². The average molecular weight is 225 g/mol. The maximum absolute atomic E-state index is 5.52. The van der Waals surface area contributed by atoms with Gasteiger partial charge in [0.05, 0.1) is 6.04 Å². The quantitative estimate of drug-likeness (QED) is 0.738. The van der Waals surface area contributed by atoms with Gasteiger partial charge in [-0.2, -0.15) is 11.8 Å². The summed E-state index contributed by atoms with van der Waals surface area (Å²) in [6.45, 7) is 6.88.